The molecule has 1 unspecified atom stereocenters. The van der Waals surface area contributed by atoms with Gasteiger partial charge in [0.2, 0.25) is 0 Å². The molecular weight excluding hydrogens is 324 g/mol. The fourth-order valence-corrected chi connectivity index (χ4v) is 3.11. The number of urea groups is 1. The van der Waals surface area contributed by atoms with Crippen LogP contribution in [0.4, 0.5) is 4.79 Å². The van der Waals surface area contributed by atoms with E-state index in [1.165, 1.54) is 11.1 Å². The van der Waals surface area contributed by atoms with Gasteiger partial charge in [0.15, 0.2) is 0 Å². The fourth-order valence-electron chi connectivity index (χ4n) is 3.11. The molecule has 26 heavy (non-hydrogen) atoms. The van der Waals surface area contributed by atoms with Gasteiger partial charge < -0.3 is 15.3 Å². The molecule has 2 rings (SSSR count). The van der Waals surface area contributed by atoms with E-state index in [-0.39, 0.29) is 24.6 Å². The van der Waals surface area contributed by atoms with Crippen molar-refractivity contribution in [3.05, 3.63) is 71.3 Å². The van der Waals surface area contributed by atoms with Crippen LogP contribution in [-0.2, 0) is 6.42 Å². The van der Waals surface area contributed by atoms with Gasteiger partial charge in [0.25, 0.3) is 0 Å². The van der Waals surface area contributed by atoms with Gasteiger partial charge in [-0.25, -0.2) is 4.79 Å². The van der Waals surface area contributed by atoms with Gasteiger partial charge in [0, 0.05) is 13.1 Å². The second-order valence-corrected chi connectivity index (χ2v) is 6.97. The third kappa shape index (κ3) is 5.60. The summed E-state index contributed by atoms with van der Waals surface area (Å²) in [5, 5.41) is 12.5. The lowest BCUT2D eigenvalue weighted by atomic mass is 9.93. The van der Waals surface area contributed by atoms with Gasteiger partial charge in [-0.2, -0.15) is 0 Å². The molecule has 0 saturated heterocycles. The topological polar surface area (TPSA) is 52.6 Å². The SMILES string of the molecule is Cc1ccccc1C(NC(=O)N(CCO)CCc1ccccc1)C(C)C. The summed E-state index contributed by atoms with van der Waals surface area (Å²) in [6.07, 6.45) is 0.769. The van der Waals surface area contributed by atoms with Crippen molar-refractivity contribution in [2.45, 2.75) is 33.2 Å². The van der Waals surface area contributed by atoms with Crippen molar-refractivity contribution in [1.29, 1.82) is 0 Å². The number of benzene rings is 2. The number of aliphatic hydroxyl groups excluding tert-OH is 1. The number of nitrogens with zero attached hydrogens (tertiary/aromatic N) is 1. The first-order valence-electron chi connectivity index (χ1n) is 9.28. The number of aliphatic hydroxyl groups is 1. The lowest BCUT2D eigenvalue weighted by Crippen LogP contribution is -2.45. The van der Waals surface area contributed by atoms with Crippen LogP contribution in [0.2, 0.25) is 0 Å². The predicted octanol–water partition coefficient (Wildman–Crippen LogP) is 3.94. The molecule has 0 aliphatic rings. The van der Waals surface area contributed by atoms with Gasteiger partial charge in [0.05, 0.1) is 12.6 Å². The summed E-state index contributed by atoms with van der Waals surface area (Å²) in [6, 6.07) is 18.1. The molecule has 0 bridgehead atoms. The molecule has 140 valence electrons. The highest BCUT2D eigenvalue weighted by Gasteiger charge is 2.22. The van der Waals surface area contributed by atoms with Crippen molar-refractivity contribution < 1.29 is 9.90 Å². The summed E-state index contributed by atoms with van der Waals surface area (Å²) in [4.78, 5) is 14.6. The summed E-state index contributed by atoms with van der Waals surface area (Å²) < 4.78 is 0. The average Bonchev–Trinajstić information content (AvgIpc) is 2.64. The highest BCUT2D eigenvalue weighted by molar-refractivity contribution is 5.75. The fraction of sp³-hybridized carbons (Fsp3) is 0.409. The maximum absolute atomic E-state index is 12.9. The van der Waals surface area contributed by atoms with E-state index in [9.17, 15) is 9.90 Å². The first kappa shape index (κ1) is 20.0. The molecule has 2 aromatic rings. The third-order valence-corrected chi connectivity index (χ3v) is 4.64. The molecule has 0 fully saturated rings. The molecular formula is C22H30N2O2. The first-order chi connectivity index (χ1) is 12.5. The average molecular weight is 354 g/mol. The molecule has 2 aromatic carbocycles. The number of hydrogen-bond donors (Lipinski definition) is 2. The van der Waals surface area contributed by atoms with Crippen LogP contribution >= 0.6 is 0 Å². The van der Waals surface area contributed by atoms with E-state index in [1.54, 1.807) is 4.90 Å². The van der Waals surface area contributed by atoms with Crippen LogP contribution in [0.1, 0.15) is 36.6 Å². The van der Waals surface area contributed by atoms with Gasteiger partial charge in [0.1, 0.15) is 0 Å². The van der Waals surface area contributed by atoms with Gasteiger partial charge >= 0.3 is 6.03 Å². The van der Waals surface area contributed by atoms with E-state index >= 15 is 0 Å². The van der Waals surface area contributed by atoms with Crippen molar-refractivity contribution in [1.82, 2.24) is 10.2 Å². The Hall–Kier alpha value is -2.33. The molecule has 1 atom stereocenters. The smallest absolute Gasteiger partial charge is 0.317 e. The molecule has 4 heteroatoms. The summed E-state index contributed by atoms with van der Waals surface area (Å²) in [5.74, 6) is 0.269. The van der Waals surface area contributed by atoms with Crippen molar-refractivity contribution in [2.75, 3.05) is 19.7 Å². The standard InChI is InChI=1S/C22H30N2O2/c1-17(2)21(20-12-8-7-9-18(20)3)23-22(26)24(15-16-25)14-13-19-10-5-4-6-11-19/h4-12,17,21,25H,13-16H2,1-3H3,(H,23,26). The number of carbonyl (C=O) groups is 1. The van der Waals surface area contributed by atoms with Gasteiger partial charge in [-0.1, -0.05) is 68.4 Å². The van der Waals surface area contributed by atoms with Gasteiger partial charge in [-0.05, 0) is 36.0 Å². The number of nitrogens with one attached hydrogen (secondary N) is 1. The Bertz CT molecular complexity index is 686. The minimum absolute atomic E-state index is 0.0427. The van der Waals surface area contributed by atoms with Crippen LogP contribution in [0.3, 0.4) is 0 Å². The van der Waals surface area contributed by atoms with Crippen molar-refractivity contribution in [2.24, 2.45) is 5.92 Å². The maximum Gasteiger partial charge on any atom is 0.317 e. The minimum atomic E-state index is -0.128. The van der Waals surface area contributed by atoms with Crippen molar-refractivity contribution in [3.8, 4) is 0 Å². The first-order valence-corrected chi connectivity index (χ1v) is 9.28. The zero-order valence-corrected chi connectivity index (χ0v) is 16.0. The molecule has 2 amide bonds. The lowest BCUT2D eigenvalue weighted by molar-refractivity contribution is 0.172. The number of rotatable bonds is 8. The number of hydrogen-bond acceptors (Lipinski definition) is 2. The molecule has 0 saturated carbocycles. The Morgan fingerprint density at radius 2 is 1.69 bits per heavy atom. The van der Waals surface area contributed by atoms with E-state index < -0.39 is 0 Å². The van der Waals surface area contributed by atoms with E-state index in [2.05, 4.69) is 50.4 Å². The Kier molecular flexibility index (Phi) is 7.67. The minimum Gasteiger partial charge on any atom is -0.395 e. The zero-order chi connectivity index (χ0) is 18.9. The highest BCUT2D eigenvalue weighted by Crippen LogP contribution is 2.24. The van der Waals surface area contributed by atoms with Crippen LogP contribution in [-0.4, -0.2) is 35.7 Å². The van der Waals surface area contributed by atoms with E-state index in [1.807, 2.05) is 30.3 Å². The Balaban J connectivity index is 2.07. The number of aryl methyl sites for hydroxylation is 1. The van der Waals surface area contributed by atoms with Crippen LogP contribution < -0.4 is 5.32 Å². The van der Waals surface area contributed by atoms with E-state index in [4.69, 9.17) is 0 Å². The highest BCUT2D eigenvalue weighted by atomic mass is 16.3. The van der Waals surface area contributed by atoms with Gasteiger partial charge in [-0.3, -0.25) is 0 Å². The molecule has 0 aliphatic carbocycles. The van der Waals surface area contributed by atoms with Crippen LogP contribution in [0.25, 0.3) is 0 Å². The summed E-state index contributed by atoms with van der Waals surface area (Å²) in [6.45, 7) is 7.15. The largest absolute Gasteiger partial charge is 0.395 e. The quantitative estimate of drug-likeness (QED) is 0.754. The molecule has 2 N–H and O–H groups in total. The molecule has 0 spiro atoms. The Morgan fingerprint density at radius 3 is 2.31 bits per heavy atom. The van der Waals surface area contributed by atoms with Crippen molar-refractivity contribution in [3.63, 3.8) is 0 Å². The summed E-state index contributed by atoms with van der Waals surface area (Å²) >= 11 is 0. The van der Waals surface area contributed by atoms with E-state index in [0.717, 1.165) is 12.0 Å². The summed E-state index contributed by atoms with van der Waals surface area (Å²) in [7, 11) is 0. The van der Waals surface area contributed by atoms with Crippen LogP contribution in [0, 0.1) is 12.8 Å². The second kappa shape index (κ2) is 9.97. The third-order valence-electron chi connectivity index (χ3n) is 4.64. The number of amides is 2. The van der Waals surface area contributed by atoms with Crippen LogP contribution in [0.5, 0.6) is 0 Å². The maximum atomic E-state index is 12.9. The lowest BCUT2D eigenvalue weighted by Gasteiger charge is -2.29. The van der Waals surface area contributed by atoms with Crippen LogP contribution in [0.15, 0.2) is 54.6 Å². The monoisotopic (exact) mass is 354 g/mol. The zero-order valence-electron chi connectivity index (χ0n) is 16.0. The predicted molar refractivity (Wildman–Crippen MR) is 106 cm³/mol. The van der Waals surface area contributed by atoms with E-state index in [0.29, 0.717) is 13.1 Å². The summed E-state index contributed by atoms with van der Waals surface area (Å²) in [5.41, 5.74) is 3.50. The Labute approximate surface area is 156 Å². The molecule has 0 heterocycles. The second-order valence-electron chi connectivity index (χ2n) is 6.97. The molecule has 0 aliphatic heterocycles. The number of carbonyl (C=O) groups excluding carboxylic acids is 1. The van der Waals surface area contributed by atoms with Gasteiger partial charge in [-0.15, -0.1) is 0 Å². The molecule has 0 aromatic heterocycles. The molecule has 0 radical (unpaired) electrons. The Morgan fingerprint density at radius 1 is 1.04 bits per heavy atom. The normalized spacial score (nSPS) is 12.0. The molecule has 4 nitrogen and oxygen atoms in total. The van der Waals surface area contributed by atoms with Crippen molar-refractivity contribution >= 4 is 6.03 Å².